The van der Waals surface area contributed by atoms with Crippen molar-refractivity contribution >= 4 is 17.0 Å². The van der Waals surface area contributed by atoms with Crippen molar-refractivity contribution < 1.29 is 18.3 Å². The normalized spacial score (nSPS) is 15.3. The molecule has 0 saturated heterocycles. The van der Waals surface area contributed by atoms with Crippen LogP contribution in [-0.4, -0.2) is 51.8 Å². The summed E-state index contributed by atoms with van der Waals surface area (Å²) in [5, 5.41) is 9.74. The van der Waals surface area contributed by atoms with E-state index in [2.05, 4.69) is 5.10 Å². The minimum Gasteiger partial charge on any atom is -0.444 e. The SMILES string of the molecule is Cc1cc(-n2nc3c(c2-n2ccn(-c4cc5cnn(C)c5cc4F)c2=O)[C@H](C)N(C(=O)OC(C)(C)C)CC3)cc(C)c1F. The van der Waals surface area contributed by atoms with E-state index >= 15 is 4.39 Å². The number of aryl methyl sites for hydroxylation is 3. The summed E-state index contributed by atoms with van der Waals surface area (Å²) in [4.78, 5) is 28.9. The van der Waals surface area contributed by atoms with Crippen molar-refractivity contribution in [1.82, 2.24) is 33.6 Å². The van der Waals surface area contributed by atoms with Crippen LogP contribution in [0.15, 0.2) is 47.7 Å². The van der Waals surface area contributed by atoms with Crippen molar-refractivity contribution in [3.8, 4) is 17.2 Å². The van der Waals surface area contributed by atoms with E-state index in [1.54, 1.807) is 86.5 Å². The molecule has 0 radical (unpaired) electrons. The minimum atomic E-state index is -0.694. The topological polar surface area (TPSA) is 92.1 Å². The molecule has 6 rings (SSSR count). The summed E-state index contributed by atoms with van der Waals surface area (Å²) in [6, 6.07) is 5.74. The third kappa shape index (κ3) is 4.70. The van der Waals surface area contributed by atoms with Crippen LogP contribution in [0.25, 0.3) is 28.1 Å². The molecule has 12 heteroatoms. The minimum absolute atomic E-state index is 0.0704. The molecule has 1 aliphatic rings. The Hall–Kier alpha value is -4.74. The highest BCUT2D eigenvalue weighted by Gasteiger charge is 2.37. The molecule has 3 aromatic heterocycles. The molecule has 224 valence electrons. The van der Waals surface area contributed by atoms with E-state index in [1.165, 1.54) is 21.4 Å². The van der Waals surface area contributed by atoms with Crippen LogP contribution in [0, 0.1) is 25.5 Å². The largest absolute Gasteiger partial charge is 0.444 e. The molecule has 0 bridgehead atoms. The Bertz CT molecular complexity index is 1950. The number of aromatic nitrogens is 6. The van der Waals surface area contributed by atoms with Crippen LogP contribution >= 0.6 is 0 Å². The zero-order chi connectivity index (χ0) is 31.0. The van der Waals surface area contributed by atoms with Gasteiger partial charge in [0.2, 0.25) is 0 Å². The van der Waals surface area contributed by atoms with Crippen LogP contribution in [0.4, 0.5) is 13.6 Å². The maximum atomic E-state index is 15.4. The molecule has 0 N–H and O–H groups in total. The predicted molar refractivity (Wildman–Crippen MR) is 157 cm³/mol. The van der Waals surface area contributed by atoms with Gasteiger partial charge < -0.3 is 9.64 Å². The average molecular weight is 590 g/mol. The number of rotatable bonds is 3. The third-order valence-corrected chi connectivity index (χ3v) is 7.82. The van der Waals surface area contributed by atoms with Crippen LogP contribution in [0.1, 0.15) is 56.1 Å². The van der Waals surface area contributed by atoms with Crippen LogP contribution in [0.5, 0.6) is 0 Å². The Morgan fingerprint density at radius 1 is 1.05 bits per heavy atom. The second kappa shape index (κ2) is 9.92. The highest BCUT2D eigenvalue weighted by atomic mass is 19.1. The quantitative estimate of drug-likeness (QED) is 0.279. The number of carbonyl (C=O) groups excluding carboxylic acids is 1. The third-order valence-electron chi connectivity index (χ3n) is 7.82. The van der Waals surface area contributed by atoms with Crippen molar-refractivity contribution in [3.05, 3.63) is 87.4 Å². The lowest BCUT2D eigenvalue weighted by Gasteiger charge is -2.34. The van der Waals surface area contributed by atoms with E-state index in [9.17, 15) is 14.0 Å². The Kier molecular flexibility index (Phi) is 6.55. The number of ether oxygens (including phenoxy) is 1. The second-order valence-electron chi connectivity index (χ2n) is 12.0. The molecule has 1 atom stereocenters. The van der Waals surface area contributed by atoms with Gasteiger partial charge in [0.25, 0.3) is 0 Å². The molecular formula is C31H33F2N7O3. The Morgan fingerprint density at radius 2 is 1.72 bits per heavy atom. The van der Waals surface area contributed by atoms with Crippen molar-refractivity contribution in [2.75, 3.05) is 6.54 Å². The van der Waals surface area contributed by atoms with E-state index < -0.39 is 29.2 Å². The second-order valence-corrected chi connectivity index (χ2v) is 12.0. The number of amides is 1. The molecule has 0 unspecified atom stereocenters. The van der Waals surface area contributed by atoms with Gasteiger partial charge >= 0.3 is 11.8 Å². The van der Waals surface area contributed by atoms with Gasteiger partial charge in [-0.25, -0.2) is 23.1 Å². The number of nitrogens with zero attached hydrogens (tertiary/aromatic N) is 7. The van der Waals surface area contributed by atoms with Gasteiger partial charge in [0.1, 0.15) is 23.1 Å². The first-order valence-corrected chi connectivity index (χ1v) is 14.1. The van der Waals surface area contributed by atoms with Crippen molar-refractivity contribution in [2.45, 2.75) is 59.6 Å². The molecule has 43 heavy (non-hydrogen) atoms. The van der Waals surface area contributed by atoms with Gasteiger partial charge in [-0.05, 0) is 70.9 Å². The molecule has 5 aromatic rings. The van der Waals surface area contributed by atoms with Crippen molar-refractivity contribution in [2.24, 2.45) is 7.05 Å². The summed E-state index contributed by atoms with van der Waals surface area (Å²) in [6.07, 6.45) is 4.59. The number of halogens is 2. The summed E-state index contributed by atoms with van der Waals surface area (Å²) < 4.78 is 41.4. The fourth-order valence-corrected chi connectivity index (χ4v) is 5.75. The van der Waals surface area contributed by atoms with Crippen LogP contribution < -0.4 is 5.69 Å². The molecule has 2 aromatic carbocycles. The van der Waals surface area contributed by atoms with Gasteiger partial charge in [-0.2, -0.15) is 10.2 Å². The number of benzene rings is 2. The molecule has 0 fully saturated rings. The zero-order valence-electron chi connectivity index (χ0n) is 25.1. The maximum absolute atomic E-state index is 15.4. The number of carbonyl (C=O) groups is 1. The van der Waals surface area contributed by atoms with E-state index in [0.717, 1.165) is 0 Å². The monoisotopic (exact) mass is 589 g/mol. The van der Waals surface area contributed by atoms with Gasteiger partial charge in [0.15, 0.2) is 0 Å². The number of hydrogen-bond donors (Lipinski definition) is 0. The lowest BCUT2D eigenvalue weighted by molar-refractivity contribution is 0.0159. The highest BCUT2D eigenvalue weighted by Crippen LogP contribution is 2.36. The summed E-state index contributed by atoms with van der Waals surface area (Å²) in [7, 11) is 1.72. The standard InChI is InChI=1S/C31H33F2N7O3/c1-17-12-21(13-18(2)27(17)33)40-28(26-19(3)37(9-8-23(26)35-40)30(42)43-31(4,5)6)39-11-10-38(29(39)41)25-14-20-16-34-36(7)24(20)15-22(25)32/h10-16,19H,8-9H2,1-7H3/t19-/m0/s1. The van der Waals surface area contributed by atoms with E-state index in [0.29, 0.717) is 57.8 Å². The zero-order valence-corrected chi connectivity index (χ0v) is 25.1. The molecule has 1 amide bonds. The molecule has 0 spiro atoms. The smallest absolute Gasteiger partial charge is 0.410 e. The van der Waals surface area contributed by atoms with Crippen molar-refractivity contribution in [1.29, 1.82) is 0 Å². The van der Waals surface area contributed by atoms with Crippen LogP contribution in [0.3, 0.4) is 0 Å². The lowest BCUT2D eigenvalue weighted by atomic mass is 10.00. The van der Waals surface area contributed by atoms with Gasteiger partial charge in [-0.15, -0.1) is 0 Å². The van der Waals surface area contributed by atoms with E-state index in [4.69, 9.17) is 9.84 Å². The van der Waals surface area contributed by atoms with Gasteiger partial charge in [-0.3, -0.25) is 13.8 Å². The number of hydrogen-bond acceptors (Lipinski definition) is 5. The first-order valence-electron chi connectivity index (χ1n) is 14.1. The van der Waals surface area contributed by atoms with E-state index in [1.807, 2.05) is 6.92 Å². The molecular weight excluding hydrogens is 556 g/mol. The summed E-state index contributed by atoms with van der Waals surface area (Å²) in [6.45, 7) is 11.0. The fraction of sp³-hybridized carbons (Fsp3) is 0.355. The fourth-order valence-electron chi connectivity index (χ4n) is 5.75. The summed E-state index contributed by atoms with van der Waals surface area (Å²) in [5.41, 5.74) is 2.19. The molecule has 4 heterocycles. The Labute approximate surface area is 246 Å². The van der Waals surface area contributed by atoms with Gasteiger partial charge in [0, 0.05) is 49.4 Å². The van der Waals surface area contributed by atoms with Crippen LogP contribution in [-0.2, 0) is 18.2 Å². The van der Waals surface area contributed by atoms with E-state index in [-0.39, 0.29) is 11.5 Å². The molecule has 10 nitrogen and oxygen atoms in total. The highest BCUT2D eigenvalue weighted by molar-refractivity contribution is 5.81. The molecule has 0 aliphatic carbocycles. The first kappa shape index (κ1) is 28.4. The Morgan fingerprint density at radius 3 is 2.40 bits per heavy atom. The molecule has 0 saturated carbocycles. The maximum Gasteiger partial charge on any atom is 0.410 e. The van der Waals surface area contributed by atoms with Crippen LogP contribution in [0.2, 0.25) is 0 Å². The summed E-state index contributed by atoms with van der Waals surface area (Å²) >= 11 is 0. The Balaban J connectivity index is 1.55. The van der Waals surface area contributed by atoms with Gasteiger partial charge in [-0.1, -0.05) is 0 Å². The van der Waals surface area contributed by atoms with Gasteiger partial charge in [0.05, 0.1) is 34.8 Å². The van der Waals surface area contributed by atoms with Crippen molar-refractivity contribution in [3.63, 3.8) is 0 Å². The number of imidazole rings is 1. The molecule has 1 aliphatic heterocycles. The first-order chi connectivity index (χ1) is 20.2. The summed E-state index contributed by atoms with van der Waals surface area (Å²) in [5.74, 6) is -0.523. The average Bonchev–Trinajstić information content (AvgIpc) is 3.60. The predicted octanol–water partition coefficient (Wildman–Crippen LogP) is 5.45. The lowest BCUT2D eigenvalue weighted by Crippen LogP contribution is -2.42. The number of fused-ring (bicyclic) bond motifs is 2.